The Kier molecular flexibility index (Phi) is 5.52. The Hall–Kier alpha value is -2.16. The van der Waals surface area contributed by atoms with Gasteiger partial charge in [-0.25, -0.2) is 4.98 Å². The molecule has 0 unspecified atom stereocenters. The average molecular weight is 395 g/mol. The summed E-state index contributed by atoms with van der Waals surface area (Å²) >= 11 is 12.9. The minimum absolute atomic E-state index is 0.217. The molecule has 0 saturated carbocycles. The highest BCUT2D eigenvalue weighted by Gasteiger charge is 2.19. The SMILES string of the molecule is C[C@@H](Sc1nnnn1-c1ccc(Cl)cc1)C(=O)Nc1ccc(Cl)cn1. The van der Waals surface area contributed by atoms with Gasteiger partial charge in [-0.3, -0.25) is 4.79 Å². The first-order chi connectivity index (χ1) is 12.0. The maximum Gasteiger partial charge on any atom is 0.238 e. The fraction of sp³-hybridized carbons (Fsp3) is 0.133. The van der Waals surface area contributed by atoms with Crippen molar-refractivity contribution in [3.8, 4) is 5.69 Å². The second-order valence-electron chi connectivity index (χ2n) is 4.96. The van der Waals surface area contributed by atoms with Crippen molar-refractivity contribution >= 4 is 46.7 Å². The number of hydrogen-bond acceptors (Lipinski definition) is 6. The van der Waals surface area contributed by atoms with Crippen molar-refractivity contribution in [1.82, 2.24) is 25.2 Å². The largest absolute Gasteiger partial charge is 0.310 e. The molecule has 128 valence electrons. The highest BCUT2D eigenvalue weighted by atomic mass is 35.5. The molecule has 7 nitrogen and oxygen atoms in total. The maximum atomic E-state index is 12.3. The molecule has 0 radical (unpaired) electrons. The van der Waals surface area contributed by atoms with E-state index in [0.29, 0.717) is 21.0 Å². The number of thioether (sulfide) groups is 1. The summed E-state index contributed by atoms with van der Waals surface area (Å²) in [5, 5.41) is 15.5. The van der Waals surface area contributed by atoms with Gasteiger partial charge in [-0.2, -0.15) is 4.68 Å². The molecular weight excluding hydrogens is 383 g/mol. The van der Waals surface area contributed by atoms with Crippen LogP contribution >= 0.6 is 35.0 Å². The Morgan fingerprint density at radius 3 is 2.56 bits per heavy atom. The Balaban J connectivity index is 1.70. The summed E-state index contributed by atoms with van der Waals surface area (Å²) < 4.78 is 1.55. The second-order valence-corrected chi connectivity index (χ2v) is 7.14. The van der Waals surface area contributed by atoms with Crippen LogP contribution in [-0.4, -0.2) is 36.3 Å². The molecule has 25 heavy (non-hydrogen) atoms. The lowest BCUT2D eigenvalue weighted by Gasteiger charge is -2.11. The number of carbonyl (C=O) groups is 1. The van der Waals surface area contributed by atoms with Crippen molar-refractivity contribution in [3.63, 3.8) is 0 Å². The number of tetrazole rings is 1. The van der Waals surface area contributed by atoms with Crippen LogP contribution in [0.15, 0.2) is 47.8 Å². The lowest BCUT2D eigenvalue weighted by molar-refractivity contribution is -0.115. The van der Waals surface area contributed by atoms with Crippen molar-refractivity contribution < 1.29 is 4.79 Å². The van der Waals surface area contributed by atoms with Crippen LogP contribution in [0.3, 0.4) is 0 Å². The molecule has 0 spiro atoms. The van der Waals surface area contributed by atoms with Crippen molar-refractivity contribution in [2.75, 3.05) is 5.32 Å². The zero-order chi connectivity index (χ0) is 17.8. The molecule has 1 aromatic carbocycles. The van der Waals surface area contributed by atoms with Crippen LogP contribution in [0, 0.1) is 0 Å². The van der Waals surface area contributed by atoms with E-state index in [1.807, 2.05) is 0 Å². The number of anilines is 1. The number of carbonyl (C=O) groups excluding carboxylic acids is 1. The average Bonchev–Trinajstić information content (AvgIpc) is 3.05. The number of benzene rings is 1. The Morgan fingerprint density at radius 2 is 1.88 bits per heavy atom. The Labute approximate surface area is 157 Å². The van der Waals surface area contributed by atoms with Gasteiger partial charge in [0, 0.05) is 11.2 Å². The first-order valence-electron chi connectivity index (χ1n) is 7.16. The fourth-order valence-corrected chi connectivity index (χ4v) is 2.93. The van der Waals surface area contributed by atoms with E-state index >= 15 is 0 Å². The van der Waals surface area contributed by atoms with Crippen LogP contribution in [0.5, 0.6) is 0 Å². The van der Waals surface area contributed by atoms with E-state index in [4.69, 9.17) is 23.2 Å². The summed E-state index contributed by atoms with van der Waals surface area (Å²) in [5.74, 6) is 0.213. The summed E-state index contributed by atoms with van der Waals surface area (Å²) in [4.78, 5) is 16.4. The summed E-state index contributed by atoms with van der Waals surface area (Å²) in [6.07, 6.45) is 1.47. The molecule has 2 aromatic heterocycles. The lowest BCUT2D eigenvalue weighted by Crippen LogP contribution is -2.23. The summed E-state index contributed by atoms with van der Waals surface area (Å²) in [6, 6.07) is 10.4. The number of nitrogens with one attached hydrogen (secondary N) is 1. The van der Waals surface area contributed by atoms with E-state index in [9.17, 15) is 4.79 Å². The molecule has 0 fully saturated rings. The van der Waals surface area contributed by atoms with Crippen molar-refractivity contribution in [2.45, 2.75) is 17.3 Å². The van der Waals surface area contributed by atoms with Crippen LogP contribution < -0.4 is 5.32 Å². The highest BCUT2D eigenvalue weighted by molar-refractivity contribution is 8.00. The van der Waals surface area contributed by atoms with E-state index in [0.717, 1.165) is 5.69 Å². The van der Waals surface area contributed by atoms with Crippen LogP contribution in [0.4, 0.5) is 5.82 Å². The molecule has 0 saturated heterocycles. The minimum atomic E-state index is -0.436. The predicted octanol–water partition coefficient (Wildman–Crippen LogP) is 3.48. The number of nitrogens with zero attached hydrogens (tertiary/aromatic N) is 5. The third-order valence-electron chi connectivity index (χ3n) is 3.14. The number of halogens is 2. The smallest absolute Gasteiger partial charge is 0.238 e. The van der Waals surface area contributed by atoms with Gasteiger partial charge in [0.1, 0.15) is 5.82 Å². The van der Waals surface area contributed by atoms with Crippen LogP contribution in [0.1, 0.15) is 6.92 Å². The molecule has 0 aliphatic heterocycles. The molecule has 0 aliphatic carbocycles. The number of aromatic nitrogens is 5. The summed E-state index contributed by atoms with van der Waals surface area (Å²) in [6.45, 7) is 1.76. The number of amides is 1. The maximum absolute atomic E-state index is 12.3. The van der Waals surface area contributed by atoms with Gasteiger partial charge in [0.25, 0.3) is 0 Å². The first kappa shape index (κ1) is 17.7. The van der Waals surface area contributed by atoms with Crippen molar-refractivity contribution in [2.24, 2.45) is 0 Å². The minimum Gasteiger partial charge on any atom is -0.310 e. The molecule has 0 aliphatic rings. The molecular formula is C15H12Cl2N6OS. The van der Waals surface area contributed by atoms with E-state index in [-0.39, 0.29) is 5.91 Å². The van der Waals surface area contributed by atoms with Crippen LogP contribution in [0.25, 0.3) is 5.69 Å². The van der Waals surface area contributed by atoms with Gasteiger partial charge in [-0.1, -0.05) is 35.0 Å². The van der Waals surface area contributed by atoms with E-state index < -0.39 is 5.25 Å². The zero-order valence-corrected chi connectivity index (χ0v) is 15.3. The van der Waals surface area contributed by atoms with Gasteiger partial charge < -0.3 is 5.32 Å². The molecule has 3 aromatic rings. The molecule has 3 rings (SSSR count). The van der Waals surface area contributed by atoms with E-state index in [1.54, 1.807) is 48.0 Å². The van der Waals surface area contributed by atoms with Crippen molar-refractivity contribution in [1.29, 1.82) is 0 Å². The molecule has 2 heterocycles. The van der Waals surface area contributed by atoms with E-state index in [2.05, 4.69) is 25.8 Å². The van der Waals surface area contributed by atoms with Gasteiger partial charge in [-0.05, 0) is 53.7 Å². The highest BCUT2D eigenvalue weighted by Crippen LogP contribution is 2.24. The summed E-state index contributed by atoms with van der Waals surface area (Å²) in [5.41, 5.74) is 0.754. The van der Waals surface area contributed by atoms with Gasteiger partial charge >= 0.3 is 0 Å². The van der Waals surface area contributed by atoms with Crippen LogP contribution in [0.2, 0.25) is 10.0 Å². The second kappa shape index (κ2) is 7.81. The topological polar surface area (TPSA) is 85.6 Å². The number of pyridine rings is 1. The molecule has 1 N–H and O–H groups in total. The van der Waals surface area contributed by atoms with Gasteiger partial charge in [0.15, 0.2) is 0 Å². The molecule has 1 amide bonds. The zero-order valence-electron chi connectivity index (χ0n) is 12.9. The quantitative estimate of drug-likeness (QED) is 0.666. The third-order valence-corrected chi connectivity index (χ3v) is 4.65. The predicted molar refractivity (Wildman–Crippen MR) is 97.4 cm³/mol. The Bertz CT molecular complexity index is 868. The van der Waals surface area contributed by atoms with Gasteiger partial charge in [0.05, 0.1) is 16.0 Å². The lowest BCUT2D eigenvalue weighted by atomic mass is 10.3. The third kappa shape index (κ3) is 4.47. The monoisotopic (exact) mass is 394 g/mol. The molecule has 1 atom stereocenters. The molecule has 0 bridgehead atoms. The summed E-state index contributed by atoms with van der Waals surface area (Å²) in [7, 11) is 0. The number of hydrogen-bond donors (Lipinski definition) is 1. The number of rotatable bonds is 5. The van der Waals surface area contributed by atoms with Gasteiger partial charge in [-0.15, -0.1) is 5.10 Å². The van der Waals surface area contributed by atoms with Crippen molar-refractivity contribution in [3.05, 3.63) is 52.6 Å². The van der Waals surface area contributed by atoms with Crippen LogP contribution in [-0.2, 0) is 4.79 Å². The normalized spacial score (nSPS) is 12.0. The standard InChI is InChI=1S/C15H12Cl2N6OS/c1-9(14(24)19-13-7-4-11(17)8-18-13)25-15-20-21-22-23(15)12-5-2-10(16)3-6-12/h2-9H,1H3,(H,18,19,24)/t9-/m1/s1. The Morgan fingerprint density at radius 1 is 1.16 bits per heavy atom. The molecule has 10 heteroatoms. The fourth-order valence-electron chi connectivity index (χ4n) is 1.89. The first-order valence-corrected chi connectivity index (χ1v) is 8.80. The van der Waals surface area contributed by atoms with Gasteiger partial charge in [0.2, 0.25) is 11.1 Å². The van der Waals surface area contributed by atoms with E-state index in [1.165, 1.54) is 18.0 Å².